The fourth-order valence-corrected chi connectivity index (χ4v) is 2.72. The molecule has 19 heavy (non-hydrogen) atoms. The van der Waals surface area contributed by atoms with Crippen LogP contribution in [0.1, 0.15) is 48.0 Å². The van der Waals surface area contributed by atoms with Crippen molar-refractivity contribution in [1.82, 2.24) is 0 Å². The lowest BCUT2D eigenvalue weighted by Crippen LogP contribution is -2.10. The maximum atomic E-state index is 10.4. The Morgan fingerprint density at radius 1 is 1.00 bits per heavy atom. The molecule has 1 saturated carbocycles. The summed E-state index contributed by atoms with van der Waals surface area (Å²) in [5.41, 5.74) is 3.63. The fourth-order valence-electron chi connectivity index (χ4n) is 2.72. The van der Waals surface area contributed by atoms with E-state index >= 15 is 0 Å². The van der Waals surface area contributed by atoms with Gasteiger partial charge in [0.15, 0.2) is 0 Å². The first-order valence-electron chi connectivity index (χ1n) is 7.15. The van der Waals surface area contributed by atoms with Crippen LogP contribution in [0.15, 0.2) is 54.6 Å². The Balaban J connectivity index is 1.74. The third-order valence-electron chi connectivity index (χ3n) is 4.14. The van der Waals surface area contributed by atoms with Gasteiger partial charge in [-0.05, 0) is 35.4 Å². The van der Waals surface area contributed by atoms with Crippen LogP contribution in [0.2, 0.25) is 0 Å². The van der Waals surface area contributed by atoms with Gasteiger partial charge in [-0.3, -0.25) is 0 Å². The molecule has 0 spiro atoms. The van der Waals surface area contributed by atoms with E-state index in [1.807, 2.05) is 24.3 Å². The van der Waals surface area contributed by atoms with E-state index in [1.54, 1.807) is 0 Å². The normalized spacial score (nSPS) is 16.9. The third-order valence-corrected chi connectivity index (χ3v) is 4.14. The first-order valence-corrected chi connectivity index (χ1v) is 7.15. The number of hydrogen-bond acceptors (Lipinski definition) is 1. The molecular weight excluding hydrogens is 232 g/mol. The lowest BCUT2D eigenvalue weighted by molar-refractivity contribution is 0.178. The van der Waals surface area contributed by atoms with Gasteiger partial charge in [0.1, 0.15) is 0 Å². The lowest BCUT2D eigenvalue weighted by atomic mass is 9.79. The van der Waals surface area contributed by atoms with Crippen LogP contribution in [-0.2, 0) is 6.42 Å². The molecule has 1 unspecified atom stereocenters. The van der Waals surface area contributed by atoms with Crippen molar-refractivity contribution < 1.29 is 5.11 Å². The van der Waals surface area contributed by atoms with Crippen LogP contribution in [-0.4, -0.2) is 5.11 Å². The molecule has 1 N–H and O–H groups in total. The minimum absolute atomic E-state index is 0.401. The van der Waals surface area contributed by atoms with Crippen molar-refractivity contribution in [2.45, 2.75) is 37.7 Å². The van der Waals surface area contributed by atoms with E-state index in [1.165, 1.54) is 30.4 Å². The van der Waals surface area contributed by atoms with Crippen molar-refractivity contribution >= 4 is 0 Å². The molecule has 0 heterocycles. The van der Waals surface area contributed by atoms with Gasteiger partial charge in [0, 0.05) is 6.42 Å². The van der Waals surface area contributed by atoms with Crippen molar-refractivity contribution in [3.63, 3.8) is 0 Å². The number of rotatable bonds is 4. The van der Waals surface area contributed by atoms with Crippen molar-refractivity contribution in [2.24, 2.45) is 0 Å². The van der Waals surface area contributed by atoms with Gasteiger partial charge in [-0.2, -0.15) is 0 Å². The van der Waals surface area contributed by atoms with Crippen LogP contribution in [0, 0.1) is 0 Å². The largest absolute Gasteiger partial charge is 0.388 e. The Labute approximate surface area is 114 Å². The standard InChI is InChI=1S/C18H20O/c19-18(12-14-6-2-1-3-7-14)17-11-5-10-16(13-17)15-8-4-9-15/h1-3,5-7,10-11,13,15,18-19H,4,8-9,12H2. The molecular formula is C18H20O. The molecule has 1 heteroatoms. The van der Waals surface area contributed by atoms with Gasteiger partial charge in [-0.1, -0.05) is 61.0 Å². The summed E-state index contributed by atoms with van der Waals surface area (Å²) in [5.74, 6) is 0.726. The SMILES string of the molecule is OC(Cc1ccccc1)c1cccc(C2CCC2)c1. The summed E-state index contributed by atoms with van der Waals surface area (Å²) in [6.45, 7) is 0. The van der Waals surface area contributed by atoms with E-state index in [0.717, 1.165) is 11.5 Å². The molecule has 0 bridgehead atoms. The molecule has 1 aliphatic rings. The summed E-state index contributed by atoms with van der Waals surface area (Å²) in [7, 11) is 0. The first-order chi connectivity index (χ1) is 9.33. The topological polar surface area (TPSA) is 20.2 Å². The predicted octanol–water partition coefficient (Wildman–Crippen LogP) is 4.23. The third kappa shape index (κ3) is 2.87. The van der Waals surface area contributed by atoms with Crippen LogP contribution in [0.25, 0.3) is 0 Å². The Morgan fingerprint density at radius 2 is 1.79 bits per heavy atom. The predicted molar refractivity (Wildman–Crippen MR) is 78.1 cm³/mol. The molecule has 2 aromatic rings. The van der Waals surface area contributed by atoms with E-state index in [-0.39, 0.29) is 0 Å². The lowest BCUT2D eigenvalue weighted by Gasteiger charge is -2.26. The van der Waals surface area contributed by atoms with Crippen molar-refractivity contribution in [1.29, 1.82) is 0 Å². The maximum absolute atomic E-state index is 10.4. The van der Waals surface area contributed by atoms with Gasteiger partial charge < -0.3 is 5.11 Å². The molecule has 0 aliphatic heterocycles. The molecule has 1 aliphatic carbocycles. The number of aliphatic hydroxyl groups excluding tert-OH is 1. The number of hydrogen-bond donors (Lipinski definition) is 1. The molecule has 0 radical (unpaired) electrons. The molecule has 1 fully saturated rings. The van der Waals surface area contributed by atoms with Gasteiger partial charge >= 0.3 is 0 Å². The van der Waals surface area contributed by atoms with Gasteiger partial charge in [-0.15, -0.1) is 0 Å². The van der Waals surface area contributed by atoms with Crippen LogP contribution in [0.4, 0.5) is 0 Å². The zero-order valence-electron chi connectivity index (χ0n) is 11.1. The molecule has 1 nitrogen and oxygen atoms in total. The molecule has 98 valence electrons. The highest BCUT2D eigenvalue weighted by Crippen LogP contribution is 2.37. The van der Waals surface area contributed by atoms with Crippen LogP contribution in [0.3, 0.4) is 0 Å². The second-order valence-corrected chi connectivity index (χ2v) is 5.50. The smallest absolute Gasteiger partial charge is 0.0830 e. The second-order valence-electron chi connectivity index (χ2n) is 5.50. The zero-order valence-corrected chi connectivity index (χ0v) is 11.1. The van der Waals surface area contributed by atoms with Gasteiger partial charge in [0.2, 0.25) is 0 Å². The van der Waals surface area contributed by atoms with Crippen molar-refractivity contribution in [3.8, 4) is 0 Å². The minimum atomic E-state index is -0.401. The minimum Gasteiger partial charge on any atom is -0.388 e. The quantitative estimate of drug-likeness (QED) is 0.863. The second kappa shape index (κ2) is 5.58. The number of aliphatic hydroxyl groups is 1. The highest BCUT2D eigenvalue weighted by Gasteiger charge is 2.20. The van der Waals surface area contributed by atoms with Crippen LogP contribution < -0.4 is 0 Å². The molecule has 2 aromatic carbocycles. The van der Waals surface area contributed by atoms with E-state index < -0.39 is 6.10 Å². The average molecular weight is 252 g/mol. The molecule has 3 rings (SSSR count). The highest BCUT2D eigenvalue weighted by atomic mass is 16.3. The summed E-state index contributed by atoms with van der Waals surface area (Å²) in [4.78, 5) is 0. The summed E-state index contributed by atoms with van der Waals surface area (Å²) in [5, 5.41) is 10.4. The summed E-state index contributed by atoms with van der Waals surface area (Å²) >= 11 is 0. The summed E-state index contributed by atoms with van der Waals surface area (Å²) < 4.78 is 0. The van der Waals surface area contributed by atoms with E-state index in [0.29, 0.717) is 6.42 Å². The summed E-state index contributed by atoms with van der Waals surface area (Å²) in [6, 6.07) is 18.7. The molecule has 1 atom stereocenters. The monoisotopic (exact) mass is 252 g/mol. The van der Waals surface area contributed by atoms with Gasteiger partial charge in [-0.25, -0.2) is 0 Å². The van der Waals surface area contributed by atoms with E-state index in [9.17, 15) is 5.11 Å². The molecule has 0 aromatic heterocycles. The fraction of sp³-hybridized carbons (Fsp3) is 0.333. The molecule has 0 amide bonds. The Kier molecular flexibility index (Phi) is 3.65. The van der Waals surface area contributed by atoms with Crippen LogP contribution in [0.5, 0.6) is 0 Å². The van der Waals surface area contributed by atoms with E-state index in [4.69, 9.17) is 0 Å². The van der Waals surface area contributed by atoms with E-state index in [2.05, 4.69) is 30.3 Å². The van der Waals surface area contributed by atoms with Crippen molar-refractivity contribution in [2.75, 3.05) is 0 Å². The van der Waals surface area contributed by atoms with Crippen LogP contribution >= 0.6 is 0 Å². The Morgan fingerprint density at radius 3 is 2.47 bits per heavy atom. The Hall–Kier alpha value is -1.60. The maximum Gasteiger partial charge on any atom is 0.0830 e. The average Bonchev–Trinajstić information content (AvgIpc) is 2.38. The van der Waals surface area contributed by atoms with Gasteiger partial charge in [0.05, 0.1) is 6.10 Å². The van der Waals surface area contributed by atoms with Crippen molar-refractivity contribution in [3.05, 3.63) is 71.3 Å². The zero-order chi connectivity index (χ0) is 13.1. The molecule has 0 saturated heterocycles. The first kappa shape index (κ1) is 12.4. The highest BCUT2D eigenvalue weighted by molar-refractivity contribution is 5.30. The Bertz CT molecular complexity index is 528. The van der Waals surface area contributed by atoms with Gasteiger partial charge in [0.25, 0.3) is 0 Å². The summed E-state index contributed by atoms with van der Waals surface area (Å²) in [6.07, 6.45) is 4.25. The number of benzene rings is 2.